The van der Waals surface area contributed by atoms with Gasteiger partial charge in [-0.3, -0.25) is 27.8 Å². The number of rotatable bonds is 25. The van der Waals surface area contributed by atoms with Crippen molar-refractivity contribution in [3.8, 4) is 0 Å². The minimum Gasteiger partial charge on any atom is -0.394 e. The van der Waals surface area contributed by atoms with Gasteiger partial charge in [-0.15, -0.1) is 0 Å². The summed E-state index contributed by atoms with van der Waals surface area (Å²) in [4.78, 5) is 105. The minimum absolute atomic E-state index is 0.0258. The molecule has 12 atom stereocenters. The van der Waals surface area contributed by atoms with Crippen molar-refractivity contribution in [2.45, 2.75) is 61.0 Å². The van der Waals surface area contributed by atoms with Crippen molar-refractivity contribution in [1.82, 2.24) is 0 Å². The molecule has 2 unspecified atom stereocenters. The SMILES string of the molecule is O=C(COP(=O)(O)O[C@@H](C(=O)OP(=O)(O)OP(=O)(O)O)[C@H](O)[C@H](O)COP(=O)(O)O)[C@@H](O)[C@H](O)[C@H](O)COP(=O)(O)O.O=C[C@H](O)[C@@H](O)[C@H](O)[C@H](O)CO. The summed E-state index contributed by atoms with van der Waals surface area (Å²) in [5, 5.41) is 92.2. The summed E-state index contributed by atoms with van der Waals surface area (Å²) in [5.41, 5.74) is 0. The Labute approximate surface area is 299 Å². The highest BCUT2D eigenvalue weighted by molar-refractivity contribution is 7.61. The molecular formula is C17H37O32P5. The molecule has 0 bridgehead atoms. The second-order valence-electron chi connectivity index (χ2n) is 9.68. The molecule has 0 heterocycles. The molecule has 37 heteroatoms. The molecule has 322 valence electrons. The van der Waals surface area contributed by atoms with Crippen LogP contribution >= 0.6 is 39.1 Å². The molecule has 0 radical (unpaired) electrons. The first kappa shape index (κ1) is 55.1. The molecule has 0 saturated heterocycles. The smallest absolute Gasteiger partial charge is 0.394 e. The standard InChI is InChI=1S/C11H25O26P5.C6H12O6/c12-4(1-32-38(19,20)21)7(15)8(16)5(13)3-34-41(28,29)35-10(9(17)6(14)2-33-39(22,23)24)11(18)36-42(30,31)37-40(25,26)27;7-1-3(9)5(11)6(12)4(10)2-8/h4,6-10,12,14-17H,1-3H2,(H,28,29)(H,30,31)(H2,19,20,21)(H2,22,23,24)(H2,25,26,27);1,3-6,8-12H,2H2/t4-,6-,7-,8-,9-,10-;3-,4+,5+,6+/m10/s1. The van der Waals surface area contributed by atoms with Gasteiger partial charge in [0.2, 0.25) is 0 Å². The maximum atomic E-state index is 12.2. The number of aliphatic hydroxyl groups excluding tert-OH is 10. The number of hydrogen-bond donors (Lipinski definition) is 18. The largest absolute Gasteiger partial charge is 0.538 e. The lowest BCUT2D eigenvalue weighted by Crippen LogP contribution is -2.46. The van der Waals surface area contributed by atoms with Gasteiger partial charge in [-0.25, -0.2) is 27.6 Å². The summed E-state index contributed by atoms with van der Waals surface area (Å²) in [7, 11) is -28.5. The maximum Gasteiger partial charge on any atom is 0.538 e. The number of aldehydes is 1. The zero-order valence-corrected chi connectivity index (χ0v) is 30.7. The molecule has 0 aliphatic heterocycles. The Bertz CT molecular complexity index is 1420. The third-order valence-corrected chi connectivity index (χ3v) is 9.27. The van der Waals surface area contributed by atoms with Crippen LogP contribution in [0, 0.1) is 0 Å². The van der Waals surface area contributed by atoms with E-state index in [0.717, 1.165) is 0 Å². The third kappa shape index (κ3) is 24.0. The van der Waals surface area contributed by atoms with Crippen LogP contribution in [0.5, 0.6) is 0 Å². The quantitative estimate of drug-likeness (QED) is 0.0299. The highest BCUT2D eigenvalue weighted by atomic mass is 31.3. The number of carbonyl (C=O) groups is 3. The van der Waals surface area contributed by atoms with Crippen LogP contribution in [0.3, 0.4) is 0 Å². The number of ketones is 1. The zero-order valence-electron chi connectivity index (χ0n) is 26.2. The van der Waals surface area contributed by atoms with Gasteiger partial charge in [0.25, 0.3) is 0 Å². The number of hydrogen-bond acceptors (Lipinski definition) is 24. The van der Waals surface area contributed by atoms with E-state index >= 15 is 0 Å². The fourth-order valence-electron chi connectivity index (χ4n) is 2.73. The van der Waals surface area contributed by atoms with Gasteiger partial charge >= 0.3 is 45.1 Å². The predicted octanol–water partition coefficient (Wildman–Crippen LogP) is -8.55. The number of Topliss-reactive ketones (excluding diaryl/α,β-unsaturated/α-hetero) is 1. The van der Waals surface area contributed by atoms with Crippen molar-refractivity contribution in [1.29, 1.82) is 0 Å². The molecule has 54 heavy (non-hydrogen) atoms. The van der Waals surface area contributed by atoms with Crippen LogP contribution in [0.4, 0.5) is 0 Å². The molecule has 0 aromatic rings. The van der Waals surface area contributed by atoms with Crippen LogP contribution in [-0.4, -0.2) is 196 Å². The molecule has 0 saturated carbocycles. The van der Waals surface area contributed by atoms with Crippen LogP contribution in [0.1, 0.15) is 0 Å². The van der Waals surface area contributed by atoms with E-state index in [1.807, 2.05) is 0 Å². The second-order valence-corrected chi connectivity index (χ2v) is 16.3. The van der Waals surface area contributed by atoms with Crippen molar-refractivity contribution in [3.63, 3.8) is 0 Å². The molecule has 0 fully saturated rings. The van der Waals surface area contributed by atoms with Crippen LogP contribution < -0.4 is 0 Å². The van der Waals surface area contributed by atoms with Crippen molar-refractivity contribution < 1.29 is 154 Å². The van der Waals surface area contributed by atoms with Gasteiger partial charge in [0.1, 0.15) is 61.5 Å². The summed E-state index contributed by atoms with van der Waals surface area (Å²) in [5.74, 6) is -4.31. The van der Waals surface area contributed by atoms with Crippen LogP contribution in [0.2, 0.25) is 0 Å². The van der Waals surface area contributed by atoms with Crippen molar-refractivity contribution in [2.75, 3.05) is 26.4 Å². The van der Waals surface area contributed by atoms with E-state index in [1.165, 1.54) is 0 Å². The van der Waals surface area contributed by atoms with Gasteiger partial charge in [0.15, 0.2) is 18.2 Å². The minimum atomic E-state index is -6.13. The summed E-state index contributed by atoms with van der Waals surface area (Å²) >= 11 is 0. The third-order valence-electron chi connectivity index (χ3n) is 5.26. The lowest BCUT2D eigenvalue weighted by atomic mass is 10.0. The summed E-state index contributed by atoms with van der Waals surface area (Å²) in [6, 6.07) is 0. The average Bonchev–Trinajstić information content (AvgIpc) is 3.02. The molecule has 0 aromatic carbocycles. The molecule has 0 aliphatic carbocycles. The van der Waals surface area contributed by atoms with Crippen LogP contribution in [0.15, 0.2) is 0 Å². The fourth-order valence-corrected chi connectivity index (χ4v) is 5.81. The Morgan fingerprint density at radius 2 is 1.02 bits per heavy atom. The highest BCUT2D eigenvalue weighted by Crippen LogP contribution is 2.58. The number of aliphatic hydroxyl groups is 10. The first-order valence-electron chi connectivity index (χ1n) is 13.2. The van der Waals surface area contributed by atoms with Crippen LogP contribution in [0.25, 0.3) is 0 Å². The lowest BCUT2D eigenvalue weighted by Gasteiger charge is -2.27. The maximum absolute atomic E-state index is 12.2. The summed E-state index contributed by atoms with van der Waals surface area (Å²) in [6.45, 7) is -5.46. The Morgan fingerprint density at radius 1 is 0.574 bits per heavy atom. The average molecular weight is 908 g/mol. The van der Waals surface area contributed by atoms with Gasteiger partial charge in [0.05, 0.1) is 19.8 Å². The van der Waals surface area contributed by atoms with Crippen molar-refractivity contribution in [2.24, 2.45) is 0 Å². The Hall–Kier alpha value is -0.960. The Morgan fingerprint density at radius 3 is 1.41 bits per heavy atom. The molecule has 0 amide bonds. The molecule has 0 spiro atoms. The fraction of sp³-hybridized carbons (Fsp3) is 0.824. The Kier molecular flexibility index (Phi) is 23.9. The van der Waals surface area contributed by atoms with Crippen molar-refractivity contribution in [3.05, 3.63) is 0 Å². The first-order chi connectivity index (χ1) is 24.1. The van der Waals surface area contributed by atoms with E-state index in [2.05, 4.69) is 26.9 Å². The van der Waals surface area contributed by atoms with Crippen LogP contribution in [-0.2, 0) is 64.1 Å². The van der Waals surface area contributed by atoms with Gasteiger partial charge < -0.3 is 94.6 Å². The second kappa shape index (κ2) is 23.4. The molecule has 0 aliphatic rings. The Balaban J connectivity index is 0. The highest BCUT2D eigenvalue weighted by Gasteiger charge is 2.46. The van der Waals surface area contributed by atoms with Gasteiger partial charge in [-0.05, 0) is 0 Å². The normalized spacial score (nSPS) is 20.5. The molecule has 0 aromatic heterocycles. The van der Waals surface area contributed by atoms with E-state index in [0.29, 0.717) is 0 Å². The molecule has 32 nitrogen and oxygen atoms in total. The van der Waals surface area contributed by atoms with E-state index in [4.69, 9.17) is 54.9 Å². The monoisotopic (exact) mass is 908 g/mol. The predicted molar refractivity (Wildman–Crippen MR) is 158 cm³/mol. The van der Waals surface area contributed by atoms with Gasteiger partial charge in [0, 0.05) is 0 Å². The molecular weight excluding hydrogens is 871 g/mol. The molecule has 0 rings (SSSR count). The zero-order chi connectivity index (χ0) is 43.2. The van der Waals surface area contributed by atoms with Gasteiger partial charge in [-0.2, -0.15) is 4.31 Å². The first-order valence-corrected chi connectivity index (χ1v) is 20.8. The summed E-state index contributed by atoms with van der Waals surface area (Å²) in [6.07, 6.45) is -23.4. The van der Waals surface area contributed by atoms with E-state index in [1.54, 1.807) is 0 Å². The summed E-state index contributed by atoms with van der Waals surface area (Å²) < 4.78 is 78.7. The van der Waals surface area contributed by atoms with E-state index in [9.17, 15) is 72.5 Å². The topological polar surface area (TPSA) is 556 Å². The lowest BCUT2D eigenvalue weighted by molar-refractivity contribution is -0.156. The number of phosphoric ester groups is 4. The van der Waals surface area contributed by atoms with Crippen molar-refractivity contribution >= 4 is 57.2 Å². The van der Waals surface area contributed by atoms with Gasteiger partial charge in [-0.1, -0.05) is 0 Å². The molecule has 18 N–H and O–H groups in total. The van der Waals surface area contributed by atoms with E-state index in [-0.39, 0.29) is 6.29 Å². The van der Waals surface area contributed by atoms with E-state index < -0.39 is 138 Å². The number of phosphoric acid groups is 5. The number of carbonyl (C=O) groups excluding carboxylic acids is 3.